The van der Waals surface area contributed by atoms with Crippen molar-refractivity contribution in [2.24, 2.45) is 0 Å². The number of benzene rings is 1. The van der Waals surface area contributed by atoms with Crippen LogP contribution in [0.2, 0.25) is 0 Å². The highest BCUT2D eigenvalue weighted by Gasteiger charge is 2.03. The van der Waals surface area contributed by atoms with Gasteiger partial charge in [0.15, 0.2) is 0 Å². The van der Waals surface area contributed by atoms with Gasteiger partial charge in [0, 0.05) is 5.56 Å². The van der Waals surface area contributed by atoms with Crippen molar-refractivity contribution in [2.75, 3.05) is 6.54 Å². The van der Waals surface area contributed by atoms with Crippen LogP contribution in [0.15, 0.2) is 46.9 Å². The fraction of sp³-hybridized carbons (Fsp3) is 0.286. The summed E-state index contributed by atoms with van der Waals surface area (Å²) >= 11 is 0. The fourth-order valence-corrected chi connectivity index (χ4v) is 1.62. The molecule has 2 nitrogen and oxygen atoms in total. The molecule has 1 aromatic heterocycles. The molecule has 0 bridgehead atoms. The Balaban J connectivity index is 0.00000144. The smallest absolute Gasteiger partial charge is 0.134 e. The van der Waals surface area contributed by atoms with Gasteiger partial charge in [0.1, 0.15) is 11.5 Å². The molecule has 0 unspecified atom stereocenters. The molecule has 0 radical (unpaired) electrons. The van der Waals surface area contributed by atoms with E-state index in [4.69, 9.17) is 4.42 Å². The van der Waals surface area contributed by atoms with Crippen LogP contribution in [0.5, 0.6) is 0 Å². The van der Waals surface area contributed by atoms with Gasteiger partial charge in [-0.1, -0.05) is 37.3 Å². The summed E-state index contributed by atoms with van der Waals surface area (Å²) in [5.41, 5.74) is 1.13. The van der Waals surface area contributed by atoms with Crippen molar-refractivity contribution >= 4 is 0 Å². The normalized spacial score (nSPS) is 9.94. The van der Waals surface area contributed by atoms with Crippen molar-refractivity contribution in [1.29, 1.82) is 0 Å². The zero-order valence-electron chi connectivity index (χ0n) is 9.95. The van der Waals surface area contributed by atoms with Crippen LogP contribution in [0.1, 0.15) is 19.1 Å². The highest BCUT2D eigenvalue weighted by molar-refractivity contribution is 5.57. The van der Waals surface area contributed by atoms with Crippen molar-refractivity contribution in [2.45, 2.75) is 19.9 Å². The molecule has 2 aromatic rings. The lowest BCUT2D eigenvalue weighted by molar-refractivity contribution is -0.00000388. The van der Waals surface area contributed by atoms with Gasteiger partial charge in [-0.2, -0.15) is 0 Å². The number of rotatable bonds is 5. The Morgan fingerprint density at radius 3 is 2.53 bits per heavy atom. The fourth-order valence-electron chi connectivity index (χ4n) is 1.62. The topological polar surface area (TPSA) is 25.2 Å². The first-order valence-electron chi connectivity index (χ1n) is 5.75. The molecule has 0 fully saturated rings. The van der Waals surface area contributed by atoms with Crippen molar-refractivity contribution in [3.8, 4) is 11.3 Å². The van der Waals surface area contributed by atoms with Crippen molar-refractivity contribution in [3.05, 3.63) is 48.2 Å². The molecule has 0 aliphatic rings. The SMILES string of the molecule is CCCNCc1ccc(-c2ccccc2)o1.[Cl-]. The maximum Gasteiger partial charge on any atom is 0.134 e. The first kappa shape index (κ1) is 13.8. The zero-order chi connectivity index (χ0) is 11.2. The zero-order valence-corrected chi connectivity index (χ0v) is 10.7. The van der Waals surface area contributed by atoms with E-state index < -0.39 is 0 Å². The quantitative estimate of drug-likeness (QED) is 0.780. The molecule has 1 aromatic carbocycles. The molecular weight excluding hydrogens is 234 g/mol. The van der Waals surface area contributed by atoms with Crippen LogP contribution >= 0.6 is 0 Å². The summed E-state index contributed by atoms with van der Waals surface area (Å²) < 4.78 is 5.75. The number of nitrogens with one attached hydrogen (secondary N) is 1. The largest absolute Gasteiger partial charge is 1.00 e. The third kappa shape index (κ3) is 3.91. The molecule has 0 aliphatic carbocycles. The molecule has 3 heteroatoms. The second kappa shape index (κ2) is 7.15. The van der Waals surface area contributed by atoms with E-state index in [1.54, 1.807) is 0 Å². The van der Waals surface area contributed by atoms with Crippen LogP contribution in [-0.4, -0.2) is 6.54 Å². The average molecular weight is 251 g/mol. The molecular formula is C14H17ClNO-. The maximum atomic E-state index is 5.75. The minimum absolute atomic E-state index is 0. The summed E-state index contributed by atoms with van der Waals surface area (Å²) in [6.45, 7) is 3.99. The van der Waals surface area contributed by atoms with E-state index in [-0.39, 0.29) is 12.4 Å². The van der Waals surface area contributed by atoms with Crippen LogP contribution in [-0.2, 0) is 6.54 Å². The predicted octanol–water partition coefficient (Wildman–Crippen LogP) is 0.450. The second-order valence-electron chi connectivity index (χ2n) is 3.81. The Labute approximate surface area is 108 Å². The van der Waals surface area contributed by atoms with Crippen LogP contribution in [0, 0.1) is 0 Å². The molecule has 2 rings (SSSR count). The molecule has 92 valence electrons. The monoisotopic (exact) mass is 250 g/mol. The first-order valence-corrected chi connectivity index (χ1v) is 5.75. The second-order valence-corrected chi connectivity index (χ2v) is 3.81. The maximum absolute atomic E-state index is 5.75. The third-order valence-electron chi connectivity index (χ3n) is 2.45. The van der Waals surface area contributed by atoms with E-state index in [0.717, 1.165) is 36.6 Å². The molecule has 0 amide bonds. The van der Waals surface area contributed by atoms with Gasteiger partial charge in [0.25, 0.3) is 0 Å². The molecule has 1 N–H and O–H groups in total. The molecule has 0 aliphatic heterocycles. The van der Waals surface area contributed by atoms with Gasteiger partial charge in [-0.05, 0) is 25.1 Å². The third-order valence-corrected chi connectivity index (χ3v) is 2.45. The molecule has 0 saturated carbocycles. The summed E-state index contributed by atoms with van der Waals surface area (Å²) in [4.78, 5) is 0. The van der Waals surface area contributed by atoms with Gasteiger partial charge in [-0.15, -0.1) is 0 Å². The summed E-state index contributed by atoms with van der Waals surface area (Å²) in [6, 6.07) is 14.2. The standard InChI is InChI=1S/C14H17NO.ClH/c1-2-10-15-11-13-8-9-14(16-13)12-6-4-3-5-7-12;/h3-9,15H,2,10-11H2,1H3;1H/p-1. The summed E-state index contributed by atoms with van der Waals surface area (Å²) in [5, 5.41) is 3.32. The summed E-state index contributed by atoms with van der Waals surface area (Å²) in [7, 11) is 0. The number of furan rings is 1. The van der Waals surface area contributed by atoms with E-state index in [2.05, 4.69) is 24.4 Å². The molecule has 1 heterocycles. The summed E-state index contributed by atoms with van der Waals surface area (Å²) in [6.07, 6.45) is 1.15. The van der Waals surface area contributed by atoms with Crippen molar-refractivity contribution in [1.82, 2.24) is 5.32 Å². The van der Waals surface area contributed by atoms with Gasteiger partial charge in [0.2, 0.25) is 0 Å². The van der Waals surface area contributed by atoms with Gasteiger partial charge < -0.3 is 22.1 Å². The Hall–Kier alpha value is -1.25. The highest BCUT2D eigenvalue weighted by atomic mass is 35.5. The Kier molecular flexibility index (Phi) is 5.81. The lowest BCUT2D eigenvalue weighted by atomic mass is 10.2. The Morgan fingerprint density at radius 1 is 1.06 bits per heavy atom. The van der Waals surface area contributed by atoms with Gasteiger partial charge in [-0.25, -0.2) is 0 Å². The number of hydrogen-bond acceptors (Lipinski definition) is 2. The van der Waals surface area contributed by atoms with E-state index in [1.165, 1.54) is 0 Å². The Morgan fingerprint density at radius 2 is 1.82 bits per heavy atom. The van der Waals surface area contributed by atoms with Crippen LogP contribution in [0.4, 0.5) is 0 Å². The van der Waals surface area contributed by atoms with E-state index in [0.29, 0.717) is 0 Å². The molecule has 0 saturated heterocycles. The van der Waals surface area contributed by atoms with Crippen LogP contribution in [0.25, 0.3) is 11.3 Å². The molecule has 0 spiro atoms. The van der Waals surface area contributed by atoms with Crippen LogP contribution < -0.4 is 17.7 Å². The molecule has 17 heavy (non-hydrogen) atoms. The van der Waals surface area contributed by atoms with Crippen LogP contribution in [0.3, 0.4) is 0 Å². The van der Waals surface area contributed by atoms with Crippen molar-refractivity contribution in [3.63, 3.8) is 0 Å². The van der Waals surface area contributed by atoms with E-state index in [1.807, 2.05) is 30.3 Å². The van der Waals surface area contributed by atoms with Gasteiger partial charge in [0.05, 0.1) is 6.54 Å². The minimum Gasteiger partial charge on any atom is -1.00 e. The predicted molar refractivity (Wildman–Crippen MR) is 66.1 cm³/mol. The van der Waals surface area contributed by atoms with E-state index in [9.17, 15) is 0 Å². The van der Waals surface area contributed by atoms with Gasteiger partial charge >= 0.3 is 0 Å². The summed E-state index contributed by atoms with van der Waals surface area (Å²) in [5.74, 6) is 1.93. The molecule has 0 atom stereocenters. The number of hydrogen-bond donors (Lipinski definition) is 1. The highest BCUT2D eigenvalue weighted by Crippen LogP contribution is 2.21. The van der Waals surface area contributed by atoms with E-state index >= 15 is 0 Å². The van der Waals surface area contributed by atoms with Crippen molar-refractivity contribution < 1.29 is 16.8 Å². The van der Waals surface area contributed by atoms with Gasteiger partial charge in [-0.3, -0.25) is 0 Å². The Bertz CT molecular complexity index is 425. The minimum atomic E-state index is 0. The average Bonchev–Trinajstić information content (AvgIpc) is 2.79. The lowest BCUT2D eigenvalue weighted by Crippen LogP contribution is -3.00. The number of halogens is 1. The first-order chi connectivity index (χ1) is 7.90. The lowest BCUT2D eigenvalue weighted by Gasteiger charge is -1.99.